The molecule has 34 heavy (non-hydrogen) atoms. The third kappa shape index (κ3) is 4.64. The van der Waals surface area contributed by atoms with Crippen molar-refractivity contribution in [2.75, 3.05) is 5.73 Å². The average molecular weight is 445 g/mol. The molecule has 2 heterocycles. The van der Waals surface area contributed by atoms with Crippen molar-refractivity contribution in [1.82, 2.24) is 14.9 Å². The van der Waals surface area contributed by atoms with Gasteiger partial charge in [0.15, 0.2) is 0 Å². The highest BCUT2D eigenvalue weighted by Crippen LogP contribution is 2.29. The zero-order chi connectivity index (χ0) is 23.3. The summed E-state index contributed by atoms with van der Waals surface area (Å²) in [4.78, 5) is 24.3. The molecular weight excluding hydrogens is 420 g/mol. The minimum atomic E-state index is -0.0999. The van der Waals surface area contributed by atoms with Gasteiger partial charge in [-0.05, 0) is 52.2 Å². The molecule has 0 saturated heterocycles. The predicted molar refractivity (Wildman–Crippen MR) is 136 cm³/mol. The van der Waals surface area contributed by atoms with E-state index in [1.54, 1.807) is 17.3 Å². The minimum Gasteiger partial charge on any atom is -0.399 e. The van der Waals surface area contributed by atoms with Crippen molar-refractivity contribution in [3.8, 4) is 11.1 Å². The molecule has 0 spiro atoms. The average Bonchev–Trinajstić information content (AvgIpc) is 2.89. The fourth-order valence-corrected chi connectivity index (χ4v) is 4.09. The maximum absolute atomic E-state index is 13.7. The quantitative estimate of drug-likeness (QED) is 0.340. The van der Waals surface area contributed by atoms with Gasteiger partial charge in [0.1, 0.15) is 0 Å². The van der Waals surface area contributed by atoms with Crippen molar-refractivity contribution in [2.24, 2.45) is 0 Å². The third-order valence-electron chi connectivity index (χ3n) is 5.81. The zero-order valence-corrected chi connectivity index (χ0v) is 18.6. The van der Waals surface area contributed by atoms with E-state index in [2.05, 4.69) is 34.2 Å². The Morgan fingerprint density at radius 2 is 1.62 bits per heavy atom. The van der Waals surface area contributed by atoms with Crippen molar-refractivity contribution >= 4 is 22.4 Å². The summed E-state index contributed by atoms with van der Waals surface area (Å²) in [6, 6.07) is 29.6. The summed E-state index contributed by atoms with van der Waals surface area (Å²) in [5, 5.41) is 2.28. The van der Waals surface area contributed by atoms with Crippen molar-refractivity contribution in [3.63, 3.8) is 0 Å². The largest absolute Gasteiger partial charge is 0.399 e. The lowest BCUT2D eigenvalue weighted by Gasteiger charge is -2.23. The molecule has 5 aromatic rings. The molecule has 0 radical (unpaired) electrons. The molecule has 0 bridgehead atoms. The summed E-state index contributed by atoms with van der Waals surface area (Å²) in [5.74, 6) is -0.0999. The Hall–Kier alpha value is -4.51. The van der Waals surface area contributed by atoms with E-state index in [9.17, 15) is 4.79 Å². The van der Waals surface area contributed by atoms with Gasteiger partial charge in [0.05, 0.1) is 17.8 Å². The van der Waals surface area contributed by atoms with Crippen LogP contribution in [0.5, 0.6) is 0 Å². The number of carbonyl (C=O) groups is 1. The van der Waals surface area contributed by atoms with Gasteiger partial charge >= 0.3 is 0 Å². The molecule has 0 aliphatic carbocycles. The number of fused-ring (bicyclic) bond motifs is 1. The summed E-state index contributed by atoms with van der Waals surface area (Å²) in [6.07, 6.45) is 5.18. The van der Waals surface area contributed by atoms with E-state index in [-0.39, 0.29) is 5.91 Å². The highest BCUT2D eigenvalue weighted by atomic mass is 16.2. The van der Waals surface area contributed by atoms with Gasteiger partial charge in [-0.25, -0.2) is 0 Å². The molecule has 1 amide bonds. The van der Waals surface area contributed by atoms with Crippen molar-refractivity contribution in [1.29, 1.82) is 0 Å². The van der Waals surface area contributed by atoms with Crippen LogP contribution in [0.4, 0.5) is 5.69 Å². The zero-order valence-electron chi connectivity index (χ0n) is 18.6. The SMILES string of the molecule is Nc1ccc(CN(Cc2ccccn2)C(=O)c2cncc(-c3cccc4ccccc34)c2)cc1. The molecular formula is C29H24N4O. The van der Waals surface area contributed by atoms with Crippen LogP contribution in [-0.4, -0.2) is 20.8 Å². The van der Waals surface area contributed by atoms with Crippen LogP contribution in [0.15, 0.2) is 110 Å². The Bertz CT molecular complexity index is 1430. The number of aromatic nitrogens is 2. The van der Waals surface area contributed by atoms with E-state index >= 15 is 0 Å². The number of rotatable bonds is 6. The maximum atomic E-state index is 13.7. The van der Waals surface area contributed by atoms with Gasteiger partial charge < -0.3 is 10.6 Å². The number of nitrogens with zero attached hydrogens (tertiary/aromatic N) is 3. The predicted octanol–water partition coefficient (Wildman–Crippen LogP) is 5.72. The molecule has 0 atom stereocenters. The van der Waals surface area contributed by atoms with Gasteiger partial charge in [0.25, 0.3) is 5.91 Å². The van der Waals surface area contributed by atoms with Crippen molar-refractivity contribution in [2.45, 2.75) is 13.1 Å². The van der Waals surface area contributed by atoms with Crippen molar-refractivity contribution < 1.29 is 4.79 Å². The number of carbonyl (C=O) groups excluding carboxylic acids is 1. The molecule has 2 aromatic heterocycles. The lowest BCUT2D eigenvalue weighted by atomic mass is 9.98. The molecule has 5 rings (SSSR count). The molecule has 0 saturated carbocycles. The summed E-state index contributed by atoms with van der Waals surface area (Å²) in [7, 11) is 0. The first kappa shape index (κ1) is 21.3. The van der Waals surface area contributed by atoms with Crippen molar-refractivity contribution in [3.05, 3.63) is 126 Å². The second-order valence-electron chi connectivity index (χ2n) is 8.21. The first-order chi connectivity index (χ1) is 16.7. The van der Waals surface area contributed by atoms with Gasteiger partial charge in [0.2, 0.25) is 0 Å². The maximum Gasteiger partial charge on any atom is 0.256 e. The number of nitrogens with two attached hydrogens (primary N) is 1. The number of anilines is 1. The van der Waals surface area contributed by atoms with Gasteiger partial charge in [-0.1, -0.05) is 60.7 Å². The van der Waals surface area contributed by atoms with Crippen LogP contribution in [0.2, 0.25) is 0 Å². The molecule has 0 unspecified atom stereocenters. The lowest BCUT2D eigenvalue weighted by Crippen LogP contribution is -2.30. The fraction of sp³-hybridized carbons (Fsp3) is 0.0690. The molecule has 5 heteroatoms. The minimum absolute atomic E-state index is 0.0999. The third-order valence-corrected chi connectivity index (χ3v) is 5.81. The Labute approximate surface area is 198 Å². The number of pyridine rings is 2. The molecule has 0 aliphatic rings. The molecule has 2 N–H and O–H groups in total. The van der Waals surface area contributed by atoms with Gasteiger partial charge in [-0.3, -0.25) is 14.8 Å². The Morgan fingerprint density at radius 3 is 2.44 bits per heavy atom. The van der Waals surface area contributed by atoms with Crippen LogP contribution in [0, 0.1) is 0 Å². The normalized spacial score (nSPS) is 10.8. The topological polar surface area (TPSA) is 72.1 Å². The molecule has 0 aliphatic heterocycles. The second kappa shape index (κ2) is 9.55. The molecule has 0 fully saturated rings. The van der Waals surface area contributed by atoms with E-state index in [0.717, 1.165) is 33.2 Å². The summed E-state index contributed by atoms with van der Waals surface area (Å²) in [5.41, 5.74) is 10.9. The van der Waals surface area contributed by atoms with Crippen LogP contribution in [0.3, 0.4) is 0 Å². The number of amides is 1. The lowest BCUT2D eigenvalue weighted by molar-refractivity contribution is 0.0727. The van der Waals surface area contributed by atoms with E-state index in [1.165, 1.54) is 0 Å². The standard InChI is InChI=1S/C29H24N4O/c30-25-13-11-21(12-14-25)19-33(20-26-8-3-4-15-32-26)29(34)24-16-23(17-31-18-24)28-10-5-7-22-6-1-2-9-27(22)28/h1-18H,19-20,30H2. The Balaban J connectivity index is 1.50. The summed E-state index contributed by atoms with van der Waals surface area (Å²) < 4.78 is 0. The molecule has 166 valence electrons. The first-order valence-electron chi connectivity index (χ1n) is 11.1. The second-order valence-corrected chi connectivity index (χ2v) is 8.21. The van der Waals surface area contributed by atoms with Crippen LogP contribution >= 0.6 is 0 Å². The Morgan fingerprint density at radius 1 is 0.824 bits per heavy atom. The smallest absolute Gasteiger partial charge is 0.256 e. The van der Waals surface area contributed by atoms with E-state index in [1.807, 2.05) is 72.9 Å². The van der Waals surface area contributed by atoms with Crippen LogP contribution in [-0.2, 0) is 13.1 Å². The van der Waals surface area contributed by atoms with Crippen LogP contribution < -0.4 is 5.73 Å². The summed E-state index contributed by atoms with van der Waals surface area (Å²) in [6.45, 7) is 0.830. The number of hydrogen-bond acceptors (Lipinski definition) is 4. The molecule has 5 nitrogen and oxygen atoms in total. The van der Waals surface area contributed by atoms with E-state index in [0.29, 0.717) is 24.3 Å². The van der Waals surface area contributed by atoms with Gasteiger partial charge in [0, 0.05) is 36.4 Å². The highest BCUT2D eigenvalue weighted by Gasteiger charge is 2.19. The number of benzene rings is 3. The van der Waals surface area contributed by atoms with Crippen LogP contribution in [0.25, 0.3) is 21.9 Å². The molecule has 3 aromatic carbocycles. The monoisotopic (exact) mass is 444 g/mol. The van der Waals surface area contributed by atoms with Gasteiger partial charge in [-0.2, -0.15) is 0 Å². The summed E-state index contributed by atoms with van der Waals surface area (Å²) >= 11 is 0. The first-order valence-corrected chi connectivity index (χ1v) is 11.1. The van der Waals surface area contributed by atoms with Crippen LogP contribution in [0.1, 0.15) is 21.6 Å². The Kier molecular flexibility index (Phi) is 5.99. The highest BCUT2D eigenvalue weighted by molar-refractivity contribution is 5.99. The van der Waals surface area contributed by atoms with E-state index < -0.39 is 0 Å². The number of nitrogen functional groups attached to an aromatic ring is 1. The fourth-order valence-electron chi connectivity index (χ4n) is 4.09. The van der Waals surface area contributed by atoms with E-state index in [4.69, 9.17) is 5.73 Å². The number of hydrogen-bond donors (Lipinski definition) is 1. The van der Waals surface area contributed by atoms with Gasteiger partial charge in [-0.15, -0.1) is 0 Å².